The maximum atomic E-state index is 13.4. The third kappa shape index (κ3) is 1.98. The van der Waals surface area contributed by atoms with Gasteiger partial charge in [0.2, 0.25) is 0 Å². The third-order valence-corrected chi connectivity index (χ3v) is 3.45. The summed E-state index contributed by atoms with van der Waals surface area (Å²) in [7, 11) is 0. The number of hydrogen-bond donors (Lipinski definition) is 2. The average molecular weight is 250 g/mol. The number of carboxylic acid groups (broad SMARTS) is 1. The van der Waals surface area contributed by atoms with Gasteiger partial charge in [-0.25, -0.2) is 9.18 Å². The molecule has 0 fully saturated rings. The summed E-state index contributed by atoms with van der Waals surface area (Å²) in [6.07, 6.45) is 3.78. The molecule has 0 amide bonds. The van der Waals surface area contributed by atoms with Crippen LogP contribution in [0, 0.1) is 11.2 Å². The molecule has 3 nitrogen and oxygen atoms in total. The zero-order chi connectivity index (χ0) is 13.5. The van der Waals surface area contributed by atoms with Gasteiger partial charge in [0.1, 0.15) is 11.6 Å². The molecule has 0 aliphatic heterocycles. The zero-order valence-corrected chi connectivity index (χ0v) is 10.3. The molecule has 2 rings (SSSR count). The van der Waals surface area contributed by atoms with Crippen molar-refractivity contribution in [3.05, 3.63) is 35.2 Å². The van der Waals surface area contributed by atoms with E-state index in [9.17, 15) is 14.3 Å². The van der Waals surface area contributed by atoms with Crippen molar-refractivity contribution in [3.8, 4) is 5.75 Å². The number of hydrogen-bond acceptors (Lipinski definition) is 2. The molecule has 0 bridgehead atoms. The van der Waals surface area contributed by atoms with Gasteiger partial charge in [0.05, 0.1) is 5.56 Å². The molecule has 96 valence electrons. The number of phenols is 1. The Bertz CT molecular complexity index is 544. The van der Waals surface area contributed by atoms with Crippen LogP contribution in [0.25, 0.3) is 5.57 Å². The highest BCUT2D eigenvalue weighted by molar-refractivity contribution is 5.90. The lowest BCUT2D eigenvalue weighted by atomic mass is 9.81. The first-order valence-corrected chi connectivity index (χ1v) is 5.80. The molecule has 4 heteroatoms. The first-order valence-electron chi connectivity index (χ1n) is 5.80. The van der Waals surface area contributed by atoms with Gasteiger partial charge in [0, 0.05) is 11.6 Å². The van der Waals surface area contributed by atoms with Gasteiger partial charge >= 0.3 is 5.97 Å². The topological polar surface area (TPSA) is 57.5 Å². The van der Waals surface area contributed by atoms with E-state index in [0.717, 1.165) is 24.5 Å². The maximum absolute atomic E-state index is 13.4. The summed E-state index contributed by atoms with van der Waals surface area (Å²) < 4.78 is 13.4. The largest absolute Gasteiger partial charge is 0.507 e. The normalized spacial score (nSPS) is 17.6. The number of allylic oxidation sites excluding steroid dienone is 2. The molecule has 1 aliphatic carbocycles. The summed E-state index contributed by atoms with van der Waals surface area (Å²) in [6, 6.07) is 2.08. The van der Waals surface area contributed by atoms with Gasteiger partial charge in [-0.15, -0.1) is 0 Å². The van der Waals surface area contributed by atoms with E-state index in [1.807, 2.05) is 19.9 Å². The SMILES string of the molecule is CC1(C)CCC=C1c1cc(C(=O)O)c(F)cc1O. The van der Waals surface area contributed by atoms with Gasteiger partial charge in [-0.05, 0) is 29.9 Å². The summed E-state index contributed by atoms with van der Waals surface area (Å²) in [5.41, 5.74) is 0.746. The number of halogens is 1. The molecule has 1 aromatic rings. The van der Waals surface area contributed by atoms with Crippen LogP contribution in [-0.2, 0) is 0 Å². The Morgan fingerprint density at radius 3 is 2.56 bits per heavy atom. The lowest BCUT2D eigenvalue weighted by molar-refractivity contribution is 0.0692. The third-order valence-electron chi connectivity index (χ3n) is 3.45. The van der Waals surface area contributed by atoms with Crippen LogP contribution < -0.4 is 0 Å². The quantitative estimate of drug-likeness (QED) is 0.845. The van der Waals surface area contributed by atoms with Crippen LogP contribution in [0.2, 0.25) is 0 Å². The van der Waals surface area contributed by atoms with Crippen molar-refractivity contribution in [1.82, 2.24) is 0 Å². The predicted molar refractivity (Wildman–Crippen MR) is 66.0 cm³/mol. The number of carbonyl (C=O) groups is 1. The minimum absolute atomic E-state index is 0.134. The lowest BCUT2D eigenvalue weighted by Crippen LogP contribution is -2.10. The van der Waals surface area contributed by atoms with Gasteiger partial charge in [-0.2, -0.15) is 0 Å². The van der Waals surface area contributed by atoms with E-state index >= 15 is 0 Å². The molecular formula is C14H15FO3. The second-order valence-electron chi connectivity index (χ2n) is 5.19. The number of carboxylic acids is 1. The summed E-state index contributed by atoms with van der Waals surface area (Å²) in [5, 5.41) is 18.7. The molecule has 2 N–H and O–H groups in total. The number of benzene rings is 1. The van der Waals surface area contributed by atoms with Crippen LogP contribution >= 0.6 is 0 Å². The van der Waals surface area contributed by atoms with E-state index in [1.165, 1.54) is 6.07 Å². The lowest BCUT2D eigenvalue weighted by Gasteiger charge is -2.23. The molecule has 0 radical (unpaired) electrons. The van der Waals surface area contributed by atoms with E-state index in [0.29, 0.717) is 5.56 Å². The molecular weight excluding hydrogens is 235 g/mol. The van der Waals surface area contributed by atoms with Crippen molar-refractivity contribution in [1.29, 1.82) is 0 Å². The number of rotatable bonds is 2. The highest BCUT2D eigenvalue weighted by Gasteiger charge is 2.30. The van der Waals surface area contributed by atoms with E-state index in [1.54, 1.807) is 0 Å². The Morgan fingerprint density at radius 2 is 2.06 bits per heavy atom. The standard InChI is InChI=1S/C14H15FO3/c1-14(2)5-3-4-10(14)8-6-9(13(17)18)11(15)7-12(8)16/h4,6-7,16H,3,5H2,1-2H3,(H,17,18). The molecule has 1 aliphatic rings. The first-order chi connectivity index (χ1) is 8.33. The van der Waals surface area contributed by atoms with Crippen LogP contribution in [0.1, 0.15) is 42.6 Å². The Morgan fingerprint density at radius 1 is 1.39 bits per heavy atom. The van der Waals surface area contributed by atoms with Gasteiger partial charge in [0.25, 0.3) is 0 Å². The second kappa shape index (κ2) is 4.12. The summed E-state index contributed by atoms with van der Waals surface area (Å²) in [5.74, 6) is -2.45. The Labute approximate surface area is 105 Å². The Balaban J connectivity index is 2.59. The number of phenolic OH excluding ortho intramolecular Hbond substituents is 1. The van der Waals surface area contributed by atoms with Crippen molar-refractivity contribution in [3.63, 3.8) is 0 Å². The Hall–Kier alpha value is -1.84. The van der Waals surface area contributed by atoms with Gasteiger partial charge in [-0.1, -0.05) is 19.9 Å². The average Bonchev–Trinajstić information content (AvgIpc) is 2.58. The molecule has 0 atom stereocenters. The zero-order valence-electron chi connectivity index (χ0n) is 10.3. The van der Waals surface area contributed by atoms with Crippen LogP contribution in [0.15, 0.2) is 18.2 Å². The number of aromatic carboxylic acids is 1. The minimum atomic E-state index is -1.33. The molecule has 0 spiro atoms. The highest BCUT2D eigenvalue weighted by atomic mass is 19.1. The van der Waals surface area contributed by atoms with Crippen LogP contribution in [-0.4, -0.2) is 16.2 Å². The van der Waals surface area contributed by atoms with E-state index in [-0.39, 0.29) is 11.2 Å². The van der Waals surface area contributed by atoms with Gasteiger partial charge < -0.3 is 10.2 Å². The molecule has 0 saturated carbocycles. The van der Waals surface area contributed by atoms with E-state index < -0.39 is 17.3 Å². The van der Waals surface area contributed by atoms with Crippen molar-refractivity contribution in [2.75, 3.05) is 0 Å². The monoisotopic (exact) mass is 250 g/mol. The smallest absolute Gasteiger partial charge is 0.338 e. The van der Waals surface area contributed by atoms with Crippen molar-refractivity contribution >= 4 is 11.5 Å². The van der Waals surface area contributed by atoms with Gasteiger partial charge in [0.15, 0.2) is 0 Å². The van der Waals surface area contributed by atoms with Crippen LogP contribution in [0.5, 0.6) is 5.75 Å². The van der Waals surface area contributed by atoms with Crippen LogP contribution in [0.3, 0.4) is 0 Å². The minimum Gasteiger partial charge on any atom is -0.507 e. The summed E-state index contributed by atoms with van der Waals surface area (Å²) >= 11 is 0. The summed E-state index contributed by atoms with van der Waals surface area (Å²) in [6.45, 7) is 4.05. The second-order valence-corrected chi connectivity index (χ2v) is 5.19. The molecule has 0 aromatic heterocycles. The molecule has 1 aromatic carbocycles. The number of aromatic hydroxyl groups is 1. The first kappa shape index (κ1) is 12.6. The van der Waals surface area contributed by atoms with Gasteiger partial charge in [-0.3, -0.25) is 0 Å². The summed E-state index contributed by atoms with van der Waals surface area (Å²) in [4.78, 5) is 10.9. The fourth-order valence-corrected chi connectivity index (χ4v) is 2.41. The fourth-order valence-electron chi connectivity index (χ4n) is 2.41. The predicted octanol–water partition coefficient (Wildman–Crippen LogP) is 3.43. The molecule has 0 unspecified atom stereocenters. The fraction of sp³-hybridized carbons (Fsp3) is 0.357. The highest BCUT2D eigenvalue weighted by Crippen LogP contribution is 2.46. The Kier molecular flexibility index (Phi) is 2.89. The molecule has 0 saturated heterocycles. The van der Waals surface area contributed by atoms with E-state index in [2.05, 4.69) is 0 Å². The van der Waals surface area contributed by atoms with Crippen molar-refractivity contribution < 1.29 is 19.4 Å². The maximum Gasteiger partial charge on any atom is 0.338 e. The van der Waals surface area contributed by atoms with E-state index in [4.69, 9.17) is 5.11 Å². The molecule has 18 heavy (non-hydrogen) atoms. The van der Waals surface area contributed by atoms with Crippen LogP contribution in [0.4, 0.5) is 4.39 Å². The van der Waals surface area contributed by atoms with Crippen molar-refractivity contribution in [2.24, 2.45) is 5.41 Å². The molecule has 0 heterocycles. The van der Waals surface area contributed by atoms with Crippen molar-refractivity contribution in [2.45, 2.75) is 26.7 Å².